The SMILES string of the molecule is C=CCOc1c(Cl)cc(C=NNc2ccccc2)cc1Cl. The van der Waals surface area contributed by atoms with E-state index in [2.05, 4.69) is 17.1 Å². The Hall–Kier alpha value is -1.97. The van der Waals surface area contributed by atoms with Crippen LogP contribution in [0.5, 0.6) is 5.75 Å². The molecule has 5 heteroatoms. The molecule has 0 radical (unpaired) electrons. The van der Waals surface area contributed by atoms with E-state index in [4.69, 9.17) is 27.9 Å². The number of halogens is 2. The smallest absolute Gasteiger partial charge is 0.156 e. The summed E-state index contributed by atoms with van der Waals surface area (Å²) in [6, 6.07) is 13.1. The second kappa shape index (κ2) is 7.72. The lowest BCUT2D eigenvalue weighted by molar-refractivity contribution is 0.363. The van der Waals surface area contributed by atoms with Gasteiger partial charge in [0.2, 0.25) is 0 Å². The third kappa shape index (κ3) is 4.52. The van der Waals surface area contributed by atoms with Crippen LogP contribution in [0.2, 0.25) is 10.0 Å². The number of ether oxygens (including phenoxy) is 1. The predicted octanol–water partition coefficient (Wildman–Crippen LogP) is 5.00. The highest BCUT2D eigenvalue weighted by Crippen LogP contribution is 2.33. The molecule has 0 bridgehead atoms. The lowest BCUT2D eigenvalue weighted by Crippen LogP contribution is -1.96. The summed E-state index contributed by atoms with van der Waals surface area (Å²) in [4.78, 5) is 0. The van der Waals surface area contributed by atoms with Gasteiger partial charge in [-0.1, -0.05) is 54.1 Å². The van der Waals surface area contributed by atoms with Gasteiger partial charge in [-0.2, -0.15) is 5.10 Å². The quantitative estimate of drug-likeness (QED) is 0.461. The fourth-order valence-electron chi connectivity index (χ4n) is 1.63. The standard InChI is InChI=1S/C16H14Cl2N2O/c1-2-8-21-16-14(17)9-12(10-15(16)18)11-19-20-13-6-4-3-5-7-13/h2-7,9-11,20H,1,8H2. The number of para-hydroxylation sites is 1. The molecule has 0 aliphatic rings. The minimum absolute atomic E-state index is 0.350. The molecule has 0 heterocycles. The molecule has 108 valence electrons. The van der Waals surface area contributed by atoms with E-state index in [0.29, 0.717) is 22.4 Å². The Labute approximate surface area is 133 Å². The summed E-state index contributed by atoms with van der Waals surface area (Å²) < 4.78 is 5.40. The average molecular weight is 321 g/mol. The Morgan fingerprint density at radius 3 is 2.43 bits per heavy atom. The van der Waals surface area contributed by atoms with Crippen molar-refractivity contribution in [1.82, 2.24) is 0 Å². The van der Waals surface area contributed by atoms with Crippen LogP contribution in [0.15, 0.2) is 60.2 Å². The van der Waals surface area contributed by atoms with E-state index in [9.17, 15) is 0 Å². The molecule has 2 aromatic carbocycles. The summed E-state index contributed by atoms with van der Waals surface area (Å²) in [5.74, 6) is 0.450. The van der Waals surface area contributed by atoms with Crippen molar-refractivity contribution in [3.05, 3.63) is 70.7 Å². The fourth-order valence-corrected chi connectivity index (χ4v) is 2.24. The van der Waals surface area contributed by atoms with Gasteiger partial charge in [-0.05, 0) is 29.8 Å². The van der Waals surface area contributed by atoms with E-state index in [-0.39, 0.29) is 0 Å². The Morgan fingerprint density at radius 1 is 1.14 bits per heavy atom. The van der Waals surface area contributed by atoms with Gasteiger partial charge in [-0.25, -0.2) is 0 Å². The van der Waals surface area contributed by atoms with Crippen molar-refractivity contribution in [2.45, 2.75) is 0 Å². The van der Waals surface area contributed by atoms with Gasteiger partial charge >= 0.3 is 0 Å². The molecule has 1 N–H and O–H groups in total. The first-order chi connectivity index (χ1) is 10.2. The van der Waals surface area contributed by atoms with Crippen molar-refractivity contribution in [3.8, 4) is 5.75 Å². The highest BCUT2D eigenvalue weighted by molar-refractivity contribution is 6.37. The molecule has 0 atom stereocenters. The van der Waals surface area contributed by atoms with Crippen LogP contribution in [0.1, 0.15) is 5.56 Å². The summed E-state index contributed by atoms with van der Waals surface area (Å²) in [6.07, 6.45) is 3.27. The van der Waals surface area contributed by atoms with Crippen molar-refractivity contribution >= 4 is 35.1 Å². The third-order valence-corrected chi connectivity index (χ3v) is 3.11. The lowest BCUT2D eigenvalue weighted by Gasteiger charge is -2.08. The minimum atomic E-state index is 0.350. The molecule has 0 aliphatic carbocycles. The number of anilines is 1. The van der Waals surface area contributed by atoms with Crippen LogP contribution >= 0.6 is 23.2 Å². The molecule has 0 spiro atoms. The molecule has 0 aromatic heterocycles. The Kier molecular flexibility index (Phi) is 5.67. The van der Waals surface area contributed by atoms with Crippen molar-refractivity contribution in [1.29, 1.82) is 0 Å². The van der Waals surface area contributed by atoms with E-state index >= 15 is 0 Å². The van der Waals surface area contributed by atoms with Gasteiger partial charge in [0.05, 0.1) is 21.9 Å². The van der Waals surface area contributed by atoms with Crippen molar-refractivity contribution in [2.75, 3.05) is 12.0 Å². The molecule has 3 nitrogen and oxygen atoms in total. The number of benzene rings is 2. The van der Waals surface area contributed by atoms with Crippen LogP contribution in [0, 0.1) is 0 Å². The lowest BCUT2D eigenvalue weighted by atomic mass is 10.2. The molecular weight excluding hydrogens is 307 g/mol. The zero-order valence-corrected chi connectivity index (χ0v) is 12.7. The van der Waals surface area contributed by atoms with Crippen molar-refractivity contribution in [3.63, 3.8) is 0 Å². The highest BCUT2D eigenvalue weighted by Gasteiger charge is 2.08. The molecule has 2 aromatic rings. The van der Waals surface area contributed by atoms with Crippen LogP contribution < -0.4 is 10.2 Å². The van der Waals surface area contributed by atoms with E-state index in [0.717, 1.165) is 11.3 Å². The van der Waals surface area contributed by atoms with Gasteiger partial charge in [0, 0.05) is 0 Å². The minimum Gasteiger partial charge on any atom is -0.486 e. The van der Waals surface area contributed by atoms with Gasteiger partial charge in [-0.3, -0.25) is 5.43 Å². The number of hydrogen-bond donors (Lipinski definition) is 1. The first-order valence-electron chi connectivity index (χ1n) is 6.27. The van der Waals surface area contributed by atoms with Gasteiger partial charge in [0.25, 0.3) is 0 Å². The highest BCUT2D eigenvalue weighted by atomic mass is 35.5. The van der Waals surface area contributed by atoms with Crippen molar-refractivity contribution in [2.24, 2.45) is 5.10 Å². The molecular formula is C16H14Cl2N2O. The zero-order chi connectivity index (χ0) is 15.1. The zero-order valence-electron chi connectivity index (χ0n) is 11.2. The van der Waals surface area contributed by atoms with Gasteiger partial charge in [0.1, 0.15) is 6.61 Å². The topological polar surface area (TPSA) is 33.6 Å². The van der Waals surface area contributed by atoms with Crippen LogP contribution in [-0.4, -0.2) is 12.8 Å². The number of rotatable bonds is 6. The second-order valence-corrected chi connectivity index (χ2v) is 4.96. The maximum absolute atomic E-state index is 6.14. The number of hydrazone groups is 1. The average Bonchev–Trinajstić information content (AvgIpc) is 2.48. The monoisotopic (exact) mass is 320 g/mol. The number of hydrogen-bond acceptors (Lipinski definition) is 3. The van der Waals surface area contributed by atoms with Crippen molar-refractivity contribution < 1.29 is 4.74 Å². The van der Waals surface area contributed by atoms with Crippen LogP contribution in [0.25, 0.3) is 0 Å². The largest absolute Gasteiger partial charge is 0.486 e. The molecule has 0 saturated heterocycles. The van der Waals surface area contributed by atoms with Gasteiger partial charge in [-0.15, -0.1) is 0 Å². The normalized spacial score (nSPS) is 10.6. The molecule has 0 fully saturated rings. The molecule has 0 saturated carbocycles. The number of nitrogens with zero attached hydrogens (tertiary/aromatic N) is 1. The molecule has 0 aliphatic heterocycles. The van der Waals surface area contributed by atoms with Crippen LogP contribution in [-0.2, 0) is 0 Å². The van der Waals surface area contributed by atoms with E-state index < -0.39 is 0 Å². The molecule has 21 heavy (non-hydrogen) atoms. The Bertz CT molecular complexity index is 619. The van der Waals surface area contributed by atoms with E-state index in [1.807, 2.05) is 30.3 Å². The summed E-state index contributed by atoms with van der Waals surface area (Å²) in [5.41, 5.74) is 4.60. The third-order valence-electron chi connectivity index (χ3n) is 2.55. The summed E-state index contributed by atoms with van der Waals surface area (Å²) in [7, 11) is 0. The van der Waals surface area contributed by atoms with E-state index in [1.54, 1.807) is 24.4 Å². The fraction of sp³-hybridized carbons (Fsp3) is 0.0625. The van der Waals surface area contributed by atoms with Gasteiger partial charge < -0.3 is 4.74 Å². The summed E-state index contributed by atoms with van der Waals surface area (Å²) in [6.45, 7) is 3.93. The number of nitrogens with one attached hydrogen (secondary N) is 1. The maximum atomic E-state index is 6.14. The summed E-state index contributed by atoms with van der Waals surface area (Å²) in [5, 5.41) is 5.01. The van der Waals surface area contributed by atoms with Crippen LogP contribution in [0.3, 0.4) is 0 Å². The first kappa shape index (κ1) is 15.4. The summed E-state index contributed by atoms with van der Waals surface area (Å²) >= 11 is 12.3. The molecule has 2 rings (SSSR count). The Balaban J connectivity index is 2.09. The van der Waals surface area contributed by atoms with Crippen LogP contribution in [0.4, 0.5) is 5.69 Å². The van der Waals surface area contributed by atoms with Gasteiger partial charge in [0.15, 0.2) is 5.75 Å². The first-order valence-corrected chi connectivity index (χ1v) is 7.03. The Morgan fingerprint density at radius 2 is 1.81 bits per heavy atom. The second-order valence-electron chi connectivity index (χ2n) is 4.15. The predicted molar refractivity (Wildman–Crippen MR) is 89.8 cm³/mol. The maximum Gasteiger partial charge on any atom is 0.156 e. The molecule has 0 amide bonds. The molecule has 0 unspecified atom stereocenters. The van der Waals surface area contributed by atoms with E-state index in [1.165, 1.54) is 0 Å².